The Labute approximate surface area is 284 Å². The van der Waals surface area contributed by atoms with Gasteiger partial charge in [0.15, 0.2) is 0 Å². The maximum Gasteiger partial charge on any atom is 0.324 e. The van der Waals surface area contributed by atoms with Crippen molar-refractivity contribution in [2.45, 2.75) is 52.1 Å². The van der Waals surface area contributed by atoms with E-state index in [0.717, 1.165) is 16.9 Å². The van der Waals surface area contributed by atoms with Gasteiger partial charge in [-0.3, -0.25) is 14.7 Å². The molecule has 0 saturated carbocycles. The van der Waals surface area contributed by atoms with E-state index in [4.69, 9.17) is 26.0 Å². The molecule has 0 atom stereocenters. The molecule has 12 nitrogen and oxygen atoms in total. The molecule has 1 saturated heterocycles. The van der Waals surface area contributed by atoms with Crippen molar-refractivity contribution in [3.8, 4) is 11.6 Å². The molecule has 1 fully saturated rings. The number of hydrogen-bond donors (Lipinski definition) is 3. The molecular weight excluding hydrogens is 663 g/mol. The lowest BCUT2D eigenvalue weighted by atomic mass is 9.92. The van der Waals surface area contributed by atoms with Gasteiger partial charge < -0.3 is 15.0 Å². The maximum atomic E-state index is 14.0. The molecule has 0 unspecified atom stereocenters. The topological polar surface area (TPSA) is 156 Å². The van der Waals surface area contributed by atoms with Crippen molar-refractivity contribution in [1.82, 2.24) is 19.7 Å². The van der Waals surface area contributed by atoms with Gasteiger partial charge in [0.25, 0.3) is 16.0 Å². The van der Waals surface area contributed by atoms with Gasteiger partial charge in [0.1, 0.15) is 22.8 Å². The van der Waals surface area contributed by atoms with Gasteiger partial charge >= 0.3 is 6.03 Å². The van der Waals surface area contributed by atoms with Crippen LogP contribution in [0.5, 0.6) is 5.88 Å². The van der Waals surface area contributed by atoms with Gasteiger partial charge in [-0.1, -0.05) is 62.2 Å². The predicted molar refractivity (Wildman–Crippen MR) is 182 cm³/mol. The third kappa shape index (κ3) is 10.2. The molecule has 2 aromatic carbocycles. The van der Waals surface area contributed by atoms with Crippen molar-refractivity contribution in [2.75, 3.05) is 30.0 Å². The Morgan fingerprint density at radius 1 is 1.04 bits per heavy atom. The van der Waals surface area contributed by atoms with Gasteiger partial charge in [-0.15, -0.1) is 0 Å². The molecule has 1 aliphatic heterocycles. The lowest BCUT2D eigenvalue weighted by Crippen LogP contribution is -2.42. The van der Waals surface area contributed by atoms with Gasteiger partial charge in [-0.2, -0.15) is 13.5 Å². The number of likely N-dealkylation sites (tertiary alicyclic amines) is 1. The summed E-state index contributed by atoms with van der Waals surface area (Å²) >= 11 is 6.46. The average molecular weight is 701 g/mol. The first-order valence-electron chi connectivity index (χ1n) is 15.0. The van der Waals surface area contributed by atoms with Crippen LogP contribution in [0.15, 0.2) is 66.9 Å². The maximum absolute atomic E-state index is 14.0. The molecule has 4 aromatic rings. The average Bonchev–Trinajstić information content (AvgIpc) is 3.42. The highest BCUT2D eigenvalue weighted by Crippen LogP contribution is 2.29. The van der Waals surface area contributed by atoms with Crippen LogP contribution in [-0.4, -0.2) is 70.0 Å². The number of amides is 3. The minimum atomic E-state index is -3.67. The van der Waals surface area contributed by atoms with E-state index in [9.17, 15) is 22.4 Å². The van der Waals surface area contributed by atoms with Crippen molar-refractivity contribution in [3.05, 3.63) is 94.5 Å². The summed E-state index contributed by atoms with van der Waals surface area (Å²) in [6.07, 6.45) is 3.07. The Morgan fingerprint density at radius 2 is 1.67 bits per heavy atom. The van der Waals surface area contributed by atoms with E-state index in [0.29, 0.717) is 43.7 Å². The zero-order chi connectivity index (χ0) is 35.2. The van der Waals surface area contributed by atoms with E-state index in [-0.39, 0.29) is 33.9 Å². The fourth-order valence-corrected chi connectivity index (χ4v) is 4.93. The minimum Gasteiger partial charge on any atom is -0.473 e. The van der Waals surface area contributed by atoms with Gasteiger partial charge in [0.2, 0.25) is 5.88 Å². The number of rotatable bonds is 6. The number of piperidine rings is 1. The molecular formula is C33H38ClFN6O6S. The van der Waals surface area contributed by atoms with E-state index in [1.54, 1.807) is 27.8 Å². The highest BCUT2D eigenvalue weighted by Gasteiger charge is 2.27. The molecule has 48 heavy (non-hydrogen) atoms. The molecule has 3 heterocycles. The van der Waals surface area contributed by atoms with Gasteiger partial charge in [0, 0.05) is 37.4 Å². The van der Waals surface area contributed by atoms with E-state index in [1.807, 2.05) is 37.3 Å². The Balaban J connectivity index is 0.000000968. The van der Waals surface area contributed by atoms with Crippen LogP contribution in [0.3, 0.4) is 0 Å². The van der Waals surface area contributed by atoms with Crippen LogP contribution >= 0.6 is 11.6 Å². The van der Waals surface area contributed by atoms with Crippen LogP contribution in [0.25, 0.3) is 5.69 Å². The molecule has 1 aliphatic rings. The third-order valence-corrected chi connectivity index (χ3v) is 7.45. The molecule has 3 N–H and O–H groups in total. The summed E-state index contributed by atoms with van der Waals surface area (Å²) < 4.78 is 47.6. The smallest absolute Gasteiger partial charge is 0.324 e. The quantitative estimate of drug-likeness (QED) is 0.193. The predicted octanol–water partition coefficient (Wildman–Crippen LogP) is 6.50. The summed E-state index contributed by atoms with van der Waals surface area (Å²) in [6, 6.07) is 16.8. The van der Waals surface area contributed by atoms with Crippen molar-refractivity contribution in [1.29, 1.82) is 0 Å². The number of anilines is 2. The summed E-state index contributed by atoms with van der Waals surface area (Å²) in [5.74, 6) is -0.113. The first-order chi connectivity index (χ1) is 22.5. The largest absolute Gasteiger partial charge is 0.473 e. The van der Waals surface area contributed by atoms with Crippen LogP contribution in [0, 0.1) is 12.7 Å². The number of urea groups is 1. The van der Waals surface area contributed by atoms with E-state index in [2.05, 4.69) is 36.4 Å². The first-order valence-corrected chi connectivity index (χ1v) is 17.2. The van der Waals surface area contributed by atoms with Crippen molar-refractivity contribution in [2.24, 2.45) is 0 Å². The van der Waals surface area contributed by atoms with Gasteiger partial charge in [0.05, 0.1) is 35.1 Å². The number of ether oxygens (including phenoxy) is 1. The molecule has 0 spiro atoms. The number of pyridine rings is 1. The number of nitrogens with zero attached hydrogens (tertiary/aromatic N) is 4. The normalized spacial score (nSPS) is 13.7. The molecule has 0 aliphatic carbocycles. The zero-order valence-corrected chi connectivity index (χ0v) is 28.8. The number of halogens is 2. The van der Waals surface area contributed by atoms with E-state index < -0.39 is 22.0 Å². The molecule has 0 bridgehead atoms. The summed E-state index contributed by atoms with van der Waals surface area (Å²) in [6.45, 7) is 9.04. The second-order valence-electron chi connectivity index (χ2n) is 12.3. The van der Waals surface area contributed by atoms with E-state index in [1.165, 1.54) is 18.3 Å². The van der Waals surface area contributed by atoms with Crippen LogP contribution in [0.4, 0.5) is 20.7 Å². The number of hydrogen-bond acceptors (Lipinski definition) is 7. The zero-order valence-electron chi connectivity index (χ0n) is 27.2. The fourth-order valence-electron chi connectivity index (χ4n) is 4.72. The Bertz CT molecular complexity index is 1860. The summed E-state index contributed by atoms with van der Waals surface area (Å²) in [7, 11) is -3.67. The molecule has 15 heteroatoms. The lowest BCUT2D eigenvalue weighted by Gasteiger charge is -2.32. The summed E-state index contributed by atoms with van der Waals surface area (Å²) in [5, 5.41) is 10.6. The highest BCUT2D eigenvalue weighted by molar-refractivity contribution is 7.85. The molecule has 5 rings (SSSR count). The van der Waals surface area contributed by atoms with Gasteiger partial charge in [-0.05, 0) is 37.3 Å². The fraction of sp³-hybridized carbons (Fsp3) is 0.333. The van der Waals surface area contributed by atoms with Crippen LogP contribution in [0.2, 0.25) is 5.02 Å². The standard InChI is InChI=1S/C32H34ClFN6O3.CH4O3S/c1-20-9-11-22(12-10-20)40-28(18-27(38-40)32(2,3)4)37-31(42)36-21-17-25(33)29(35-19-21)43-23-13-15-39(16-14-23)30(41)24-7-5-6-8-26(24)34;1-5(2,3)4/h5-12,17-19,23H,13-16H2,1-4H3,(H2,36,37,42);1H3,(H,2,3,4). The summed E-state index contributed by atoms with van der Waals surface area (Å²) in [5.41, 5.74) is 3.01. The Morgan fingerprint density at radius 3 is 2.25 bits per heavy atom. The second kappa shape index (κ2) is 15.1. The van der Waals surface area contributed by atoms with Crippen LogP contribution in [0.1, 0.15) is 55.2 Å². The molecule has 0 radical (unpaired) electrons. The molecule has 3 amide bonds. The number of nitrogens with one attached hydrogen (secondary N) is 2. The SMILES string of the molecule is CS(=O)(=O)O.Cc1ccc(-n2nc(C(C)(C)C)cc2NC(=O)Nc2cnc(OC3CCN(C(=O)c4ccccc4F)CC3)c(Cl)c2)cc1. The number of aromatic nitrogens is 3. The monoisotopic (exact) mass is 700 g/mol. The molecule has 2 aromatic heterocycles. The molecule has 256 valence electrons. The first kappa shape index (κ1) is 36.3. The Hall–Kier alpha value is -4.53. The third-order valence-electron chi connectivity index (χ3n) is 7.17. The number of aryl methyl sites for hydroxylation is 1. The summed E-state index contributed by atoms with van der Waals surface area (Å²) in [4.78, 5) is 31.6. The van der Waals surface area contributed by atoms with E-state index >= 15 is 0 Å². The van der Waals surface area contributed by atoms with Crippen molar-refractivity contribution in [3.63, 3.8) is 0 Å². The van der Waals surface area contributed by atoms with Gasteiger partial charge in [-0.25, -0.2) is 18.9 Å². The van der Waals surface area contributed by atoms with Crippen molar-refractivity contribution < 1.29 is 31.7 Å². The number of carbonyl (C=O) groups is 2. The number of carbonyl (C=O) groups excluding carboxylic acids is 2. The number of benzene rings is 2. The highest BCUT2D eigenvalue weighted by atomic mass is 35.5. The minimum absolute atomic E-state index is 0.0629. The van der Waals surface area contributed by atoms with Crippen molar-refractivity contribution >= 4 is 45.2 Å². The van der Waals surface area contributed by atoms with Crippen LogP contribution in [-0.2, 0) is 15.5 Å². The van der Waals surface area contributed by atoms with Crippen LogP contribution < -0.4 is 15.4 Å². The second-order valence-corrected chi connectivity index (χ2v) is 14.2. The lowest BCUT2D eigenvalue weighted by molar-refractivity contribution is 0.0584. The Kier molecular flexibility index (Phi) is 11.4.